The molecule has 0 atom stereocenters. The third kappa shape index (κ3) is 4.04. The van der Waals surface area contributed by atoms with E-state index in [1.54, 1.807) is 36.4 Å². The van der Waals surface area contributed by atoms with E-state index in [2.05, 4.69) is 25.6 Å². The lowest BCUT2D eigenvalue weighted by atomic mass is 10.1. The van der Waals surface area contributed by atoms with Gasteiger partial charge in [0.05, 0.1) is 12.5 Å². The first-order valence-corrected chi connectivity index (χ1v) is 8.23. The molecule has 0 bridgehead atoms. The Morgan fingerprint density at radius 2 is 1.79 bits per heavy atom. The highest BCUT2D eigenvalue weighted by molar-refractivity contribution is 6.11. The van der Waals surface area contributed by atoms with E-state index in [9.17, 15) is 19.2 Å². The highest BCUT2D eigenvalue weighted by Gasteiger charge is 2.15. The molecular formula is C19H16N4O5. The van der Waals surface area contributed by atoms with Crippen LogP contribution in [0.15, 0.2) is 53.3 Å². The van der Waals surface area contributed by atoms with Crippen molar-refractivity contribution in [3.05, 3.63) is 70.1 Å². The average Bonchev–Trinajstić information content (AvgIpc) is 2.72. The van der Waals surface area contributed by atoms with Crippen LogP contribution in [0.4, 0.5) is 5.69 Å². The van der Waals surface area contributed by atoms with Crippen LogP contribution in [0.3, 0.4) is 0 Å². The van der Waals surface area contributed by atoms with Crippen LogP contribution in [0.5, 0.6) is 0 Å². The summed E-state index contributed by atoms with van der Waals surface area (Å²) < 4.78 is 4.46. The van der Waals surface area contributed by atoms with E-state index in [-0.39, 0.29) is 17.8 Å². The molecule has 0 radical (unpaired) electrons. The summed E-state index contributed by atoms with van der Waals surface area (Å²) in [5.74, 6) is -1.61. The second-order valence-electron chi connectivity index (χ2n) is 5.74. The van der Waals surface area contributed by atoms with Crippen LogP contribution in [0.2, 0.25) is 0 Å². The molecule has 1 heterocycles. The summed E-state index contributed by atoms with van der Waals surface area (Å²) in [6.07, 6.45) is 0. The Kier molecular flexibility index (Phi) is 5.45. The lowest BCUT2D eigenvalue weighted by Gasteiger charge is -2.09. The number of H-pyrrole nitrogens is 1. The Labute approximate surface area is 158 Å². The van der Waals surface area contributed by atoms with Crippen LogP contribution in [0, 0.1) is 0 Å². The number of hydrogen-bond acceptors (Lipinski definition) is 6. The van der Waals surface area contributed by atoms with Crippen LogP contribution in [0.25, 0.3) is 10.8 Å². The van der Waals surface area contributed by atoms with Gasteiger partial charge in [-0.3, -0.25) is 19.2 Å². The molecule has 0 saturated carbocycles. The first-order valence-electron chi connectivity index (χ1n) is 8.23. The number of amides is 2. The Morgan fingerprint density at radius 1 is 1.04 bits per heavy atom. The molecule has 0 spiro atoms. The van der Waals surface area contributed by atoms with Gasteiger partial charge in [0, 0.05) is 16.6 Å². The van der Waals surface area contributed by atoms with Crippen LogP contribution in [0.1, 0.15) is 20.8 Å². The Morgan fingerprint density at radius 3 is 2.54 bits per heavy atom. The van der Waals surface area contributed by atoms with Crippen molar-refractivity contribution in [2.75, 3.05) is 19.0 Å². The first-order chi connectivity index (χ1) is 13.5. The number of carbonyl (C=O) groups excluding carboxylic acids is 3. The normalized spacial score (nSPS) is 10.3. The molecule has 0 aliphatic rings. The lowest BCUT2D eigenvalue weighted by molar-refractivity contribution is -0.139. The summed E-state index contributed by atoms with van der Waals surface area (Å²) in [5, 5.41) is 12.0. The number of benzene rings is 2. The molecule has 1 aromatic heterocycles. The molecular weight excluding hydrogens is 364 g/mol. The van der Waals surface area contributed by atoms with Crippen molar-refractivity contribution in [3.63, 3.8) is 0 Å². The largest absolute Gasteiger partial charge is 0.468 e. The summed E-state index contributed by atoms with van der Waals surface area (Å²) in [4.78, 5) is 47.7. The Hall–Kier alpha value is -4.01. The minimum absolute atomic E-state index is 0.0516. The van der Waals surface area contributed by atoms with Crippen LogP contribution >= 0.6 is 0 Å². The van der Waals surface area contributed by atoms with E-state index in [0.29, 0.717) is 16.5 Å². The number of anilines is 1. The minimum atomic E-state index is -0.575. The zero-order valence-corrected chi connectivity index (χ0v) is 14.8. The van der Waals surface area contributed by atoms with Crippen molar-refractivity contribution >= 4 is 34.2 Å². The standard InChI is InChI=1S/C19H16N4O5/c1-28-15(24)10-20-17(25)11-5-4-6-12(9-11)21-19(27)16-13-7-2-3-8-14(13)18(26)23-22-16/h2-9H,10H2,1H3,(H,20,25)(H,21,27)(H,23,26). The summed E-state index contributed by atoms with van der Waals surface area (Å²) >= 11 is 0. The number of fused-ring (bicyclic) bond motifs is 1. The second-order valence-corrected chi connectivity index (χ2v) is 5.74. The van der Waals surface area contributed by atoms with E-state index in [4.69, 9.17) is 0 Å². The van der Waals surface area contributed by atoms with Gasteiger partial charge in [0.25, 0.3) is 17.4 Å². The number of hydrogen-bond donors (Lipinski definition) is 3. The molecule has 0 fully saturated rings. The summed E-state index contributed by atoms with van der Waals surface area (Å²) in [6.45, 7) is -0.265. The van der Waals surface area contributed by atoms with Gasteiger partial charge in [-0.15, -0.1) is 0 Å². The molecule has 9 nitrogen and oxygen atoms in total. The maximum atomic E-state index is 12.6. The van der Waals surface area contributed by atoms with Crippen LogP contribution in [-0.4, -0.2) is 41.6 Å². The predicted octanol–water partition coefficient (Wildman–Crippen LogP) is 1.08. The summed E-state index contributed by atoms with van der Waals surface area (Å²) in [7, 11) is 1.22. The smallest absolute Gasteiger partial charge is 0.325 e. The average molecular weight is 380 g/mol. The topological polar surface area (TPSA) is 130 Å². The Balaban J connectivity index is 1.80. The zero-order valence-electron chi connectivity index (χ0n) is 14.8. The highest BCUT2D eigenvalue weighted by atomic mass is 16.5. The molecule has 142 valence electrons. The lowest BCUT2D eigenvalue weighted by Crippen LogP contribution is -2.30. The van der Waals surface area contributed by atoms with Crippen LogP contribution < -0.4 is 16.2 Å². The van der Waals surface area contributed by atoms with Gasteiger partial charge in [0.1, 0.15) is 6.54 Å². The molecule has 3 N–H and O–H groups in total. The van der Waals surface area contributed by atoms with Crippen molar-refractivity contribution in [2.24, 2.45) is 0 Å². The van der Waals surface area contributed by atoms with Crippen molar-refractivity contribution in [2.45, 2.75) is 0 Å². The number of ether oxygens (including phenoxy) is 1. The molecule has 3 aromatic rings. The Bertz CT molecular complexity index is 1120. The number of carbonyl (C=O) groups is 3. The van der Waals surface area contributed by atoms with Gasteiger partial charge in [0.2, 0.25) is 0 Å². The van der Waals surface area contributed by atoms with Gasteiger partial charge in [-0.2, -0.15) is 5.10 Å². The number of nitrogens with zero attached hydrogens (tertiary/aromatic N) is 1. The molecule has 0 saturated heterocycles. The summed E-state index contributed by atoms with van der Waals surface area (Å²) in [5.41, 5.74) is 0.265. The molecule has 2 amide bonds. The number of esters is 1. The minimum Gasteiger partial charge on any atom is -0.468 e. The van der Waals surface area contributed by atoms with Gasteiger partial charge < -0.3 is 15.4 Å². The van der Waals surface area contributed by atoms with E-state index in [1.165, 1.54) is 19.2 Å². The monoisotopic (exact) mass is 380 g/mol. The molecule has 2 aromatic carbocycles. The summed E-state index contributed by atoms with van der Waals surface area (Å²) in [6, 6.07) is 12.8. The van der Waals surface area contributed by atoms with Gasteiger partial charge in [-0.1, -0.05) is 24.3 Å². The third-order valence-corrected chi connectivity index (χ3v) is 3.91. The number of methoxy groups -OCH3 is 1. The van der Waals surface area contributed by atoms with Crippen molar-refractivity contribution < 1.29 is 19.1 Å². The number of rotatable bonds is 5. The molecule has 0 aliphatic heterocycles. The SMILES string of the molecule is COC(=O)CNC(=O)c1cccc(NC(=O)c2n[nH]c(=O)c3ccccc23)c1. The fourth-order valence-electron chi connectivity index (χ4n) is 2.54. The maximum Gasteiger partial charge on any atom is 0.325 e. The fraction of sp³-hybridized carbons (Fsp3) is 0.105. The number of aromatic nitrogens is 2. The van der Waals surface area contributed by atoms with Gasteiger partial charge in [-0.25, -0.2) is 5.10 Å². The molecule has 3 rings (SSSR count). The van der Waals surface area contributed by atoms with Gasteiger partial charge in [-0.05, 0) is 24.3 Å². The van der Waals surface area contributed by atoms with E-state index in [0.717, 1.165) is 0 Å². The quantitative estimate of drug-likeness (QED) is 0.568. The molecule has 0 aliphatic carbocycles. The molecule has 28 heavy (non-hydrogen) atoms. The van der Waals surface area contributed by atoms with Crippen molar-refractivity contribution in [3.8, 4) is 0 Å². The van der Waals surface area contributed by atoms with Crippen molar-refractivity contribution in [1.29, 1.82) is 0 Å². The number of nitrogens with one attached hydrogen (secondary N) is 3. The van der Waals surface area contributed by atoms with E-state index >= 15 is 0 Å². The number of aromatic amines is 1. The molecule has 0 unspecified atom stereocenters. The first kappa shape index (κ1) is 18.8. The highest BCUT2D eigenvalue weighted by Crippen LogP contribution is 2.16. The molecule has 9 heteroatoms. The van der Waals surface area contributed by atoms with Crippen molar-refractivity contribution in [1.82, 2.24) is 15.5 Å². The fourth-order valence-corrected chi connectivity index (χ4v) is 2.54. The second kappa shape index (κ2) is 8.12. The predicted molar refractivity (Wildman–Crippen MR) is 101 cm³/mol. The zero-order chi connectivity index (χ0) is 20.1. The van der Waals surface area contributed by atoms with Gasteiger partial charge >= 0.3 is 5.97 Å². The third-order valence-electron chi connectivity index (χ3n) is 3.91. The van der Waals surface area contributed by atoms with E-state index in [1.807, 2.05) is 0 Å². The van der Waals surface area contributed by atoms with Crippen LogP contribution in [-0.2, 0) is 9.53 Å². The maximum absolute atomic E-state index is 12.6. The van der Waals surface area contributed by atoms with Gasteiger partial charge in [0.15, 0.2) is 5.69 Å². The van der Waals surface area contributed by atoms with E-state index < -0.39 is 23.3 Å².